The number of hydrogen-bond acceptors (Lipinski definition) is 2. The van der Waals surface area contributed by atoms with E-state index >= 15 is 0 Å². The van der Waals surface area contributed by atoms with Crippen LogP contribution in [0.2, 0.25) is 5.02 Å². The average molecular weight is 368 g/mol. The molecule has 10 heteroatoms. The zero-order valence-corrected chi connectivity index (χ0v) is 11.7. The van der Waals surface area contributed by atoms with Gasteiger partial charge in [-0.3, -0.25) is 4.72 Å². The Kier molecular flexibility index (Phi) is 4.87. The molecule has 0 radical (unpaired) electrons. The summed E-state index contributed by atoms with van der Waals surface area (Å²) in [6, 6.07) is 4.12. The first-order valence-corrected chi connectivity index (χ1v) is 7.04. The molecule has 0 heterocycles. The quantitative estimate of drug-likeness (QED) is 0.860. The second-order valence-electron chi connectivity index (χ2n) is 3.17. The zero-order valence-electron chi connectivity index (χ0n) is 8.55. The van der Waals surface area contributed by atoms with Crippen LogP contribution in [-0.2, 0) is 10.2 Å². The first-order valence-electron chi connectivity index (χ1n) is 4.38. The molecule has 0 spiro atoms. The molecular weight excluding hydrogens is 361 g/mol. The number of benzene rings is 1. The van der Waals surface area contributed by atoms with E-state index in [1.54, 1.807) is 0 Å². The van der Waals surface area contributed by atoms with Crippen LogP contribution >= 0.6 is 27.5 Å². The molecule has 0 atom stereocenters. The smallest absolute Gasteiger partial charge is 0.270 e. The normalized spacial score (nSPS) is 12.5. The topological polar surface area (TPSA) is 58.2 Å². The predicted octanol–water partition coefficient (Wildman–Crippen LogP) is 2.91. The number of hydrogen-bond donors (Lipinski definition) is 2. The summed E-state index contributed by atoms with van der Waals surface area (Å²) in [6.45, 7) is -1.65. The average Bonchev–Trinajstić information content (AvgIpc) is 2.19. The van der Waals surface area contributed by atoms with Crippen LogP contribution in [0.5, 0.6) is 0 Å². The molecule has 102 valence electrons. The van der Waals surface area contributed by atoms with Crippen molar-refractivity contribution in [3.05, 3.63) is 27.7 Å². The third kappa shape index (κ3) is 5.42. The van der Waals surface area contributed by atoms with Crippen molar-refractivity contribution in [3.8, 4) is 0 Å². The van der Waals surface area contributed by atoms with Gasteiger partial charge in [0.15, 0.2) is 0 Å². The van der Waals surface area contributed by atoms with E-state index in [-0.39, 0.29) is 5.69 Å². The monoisotopic (exact) mass is 366 g/mol. The molecule has 0 aliphatic carbocycles. The molecule has 2 N–H and O–H groups in total. The van der Waals surface area contributed by atoms with Crippen LogP contribution in [0.15, 0.2) is 22.7 Å². The van der Waals surface area contributed by atoms with E-state index < -0.39 is 22.9 Å². The summed E-state index contributed by atoms with van der Waals surface area (Å²) >= 11 is 8.67. The molecule has 0 bridgehead atoms. The van der Waals surface area contributed by atoms with E-state index in [1.807, 2.05) is 4.72 Å². The predicted molar refractivity (Wildman–Crippen MR) is 65.8 cm³/mol. The van der Waals surface area contributed by atoms with Gasteiger partial charge in [0.2, 0.25) is 0 Å². The highest BCUT2D eigenvalue weighted by atomic mass is 79.9. The Morgan fingerprint density at radius 2 is 1.94 bits per heavy atom. The highest BCUT2D eigenvalue weighted by Crippen LogP contribution is 2.26. The van der Waals surface area contributed by atoms with E-state index in [1.165, 1.54) is 22.9 Å². The lowest BCUT2D eigenvalue weighted by atomic mass is 10.3. The molecule has 1 aromatic rings. The SMILES string of the molecule is O=S(=O)(NCC(F)(F)F)Nc1ccc(Cl)cc1Br. The van der Waals surface area contributed by atoms with Gasteiger partial charge in [-0.25, -0.2) is 0 Å². The highest BCUT2D eigenvalue weighted by Gasteiger charge is 2.29. The van der Waals surface area contributed by atoms with Crippen molar-refractivity contribution in [3.63, 3.8) is 0 Å². The number of anilines is 1. The lowest BCUT2D eigenvalue weighted by molar-refractivity contribution is -0.121. The Balaban J connectivity index is 2.77. The summed E-state index contributed by atoms with van der Waals surface area (Å²) in [5.74, 6) is 0. The van der Waals surface area contributed by atoms with Crippen molar-refractivity contribution < 1.29 is 21.6 Å². The van der Waals surface area contributed by atoms with E-state index in [9.17, 15) is 21.6 Å². The molecular formula is C8H7BrClF3N2O2S. The van der Waals surface area contributed by atoms with Gasteiger partial charge in [-0.05, 0) is 34.1 Å². The molecule has 4 nitrogen and oxygen atoms in total. The molecule has 0 unspecified atom stereocenters. The first-order chi connectivity index (χ1) is 8.09. The van der Waals surface area contributed by atoms with Gasteiger partial charge in [0.25, 0.3) is 10.2 Å². The van der Waals surface area contributed by atoms with Crippen LogP contribution < -0.4 is 9.44 Å². The summed E-state index contributed by atoms with van der Waals surface area (Å²) in [4.78, 5) is 0. The van der Waals surface area contributed by atoms with Crippen molar-refractivity contribution in [1.29, 1.82) is 0 Å². The molecule has 0 aromatic heterocycles. The molecule has 0 amide bonds. The third-order valence-electron chi connectivity index (χ3n) is 1.64. The summed E-state index contributed by atoms with van der Waals surface area (Å²) < 4.78 is 61.9. The number of alkyl halides is 3. The maximum Gasteiger partial charge on any atom is 0.402 e. The molecule has 0 aliphatic heterocycles. The van der Waals surface area contributed by atoms with Gasteiger partial charge < -0.3 is 0 Å². The Bertz CT molecular complexity index is 536. The zero-order chi connectivity index (χ0) is 14.0. The van der Waals surface area contributed by atoms with Crippen LogP contribution in [0.25, 0.3) is 0 Å². The molecule has 0 fully saturated rings. The molecule has 0 saturated carbocycles. The standard InChI is InChI=1S/C8H7BrClF3N2O2S/c9-6-3-5(10)1-2-7(6)15-18(16,17)14-4-8(11,12)13/h1-3,14-15H,4H2. The summed E-state index contributed by atoms with van der Waals surface area (Å²) in [6.07, 6.45) is -4.62. The Hall–Kier alpha value is -0.510. The molecule has 0 aliphatic rings. The maximum absolute atomic E-state index is 11.9. The number of rotatable bonds is 4. The van der Waals surface area contributed by atoms with E-state index in [0.717, 1.165) is 0 Å². The minimum atomic E-state index is -4.62. The fourth-order valence-corrected chi connectivity index (χ4v) is 2.74. The largest absolute Gasteiger partial charge is 0.402 e. The van der Waals surface area contributed by atoms with Gasteiger partial charge in [0, 0.05) is 9.50 Å². The van der Waals surface area contributed by atoms with E-state index in [2.05, 4.69) is 15.9 Å². The highest BCUT2D eigenvalue weighted by molar-refractivity contribution is 9.10. The number of nitrogens with one attached hydrogen (secondary N) is 2. The van der Waals surface area contributed by atoms with Crippen molar-refractivity contribution >= 4 is 43.4 Å². The van der Waals surface area contributed by atoms with Crippen molar-refractivity contribution in [2.24, 2.45) is 0 Å². The molecule has 1 aromatic carbocycles. The first kappa shape index (κ1) is 15.5. The van der Waals surface area contributed by atoms with E-state index in [0.29, 0.717) is 9.50 Å². The Morgan fingerprint density at radius 3 is 2.44 bits per heavy atom. The fraction of sp³-hybridized carbons (Fsp3) is 0.250. The van der Waals surface area contributed by atoms with Crippen molar-refractivity contribution in [2.45, 2.75) is 6.18 Å². The minimum Gasteiger partial charge on any atom is -0.270 e. The summed E-state index contributed by atoms with van der Waals surface area (Å²) in [5, 5.41) is 0.355. The Morgan fingerprint density at radius 1 is 1.33 bits per heavy atom. The second-order valence-corrected chi connectivity index (χ2v) is 5.96. The maximum atomic E-state index is 11.9. The van der Waals surface area contributed by atoms with Gasteiger partial charge in [-0.15, -0.1) is 0 Å². The van der Waals surface area contributed by atoms with Crippen LogP contribution in [0.4, 0.5) is 18.9 Å². The van der Waals surface area contributed by atoms with Gasteiger partial charge in [-0.1, -0.05) is 11.6 Å². The number of halogens is 5. The lowest BCUT2D eigenvalue weighted by Crippen LogP contribution is -2.37. The van der Waals surface area contributed by atoms with Gasteiger partial charge in [0.1, 0.15) is 6.54 Å². The van der Waals surface area contributed by atoms with Crippen LogP contribution in [-0.4, -0.2) is 21.1 Å². The van der Waals surface area contributed by atoms with Crippen LogP contribution in [0.3, 0.4) is 0 Å². The van der Waals surface area contributed by atoms with Crippen molar-refractivity contribution in [1.82, 2.24) is 4.72 Å². The summed E-state index contributed by atoms with van der Waals surface area (Å²) in [5.41, 5.74) is 0.0778. The lowest BCUT2D eigenvalue weighted by Gasteiger charge is -2.12. The minimum absolute atomic E-state index is 0.0778. The molecule has 18 heavy (non-hydrogen) atoms. The third-order valence-corrected chi connectivity index (χ3v) is 3.54. The molecule has 0 saturated heterocycles. The molecule has 1 rings (SSSR count). The van der Waals surface area contributed by atoms with Crippen molar-refractivity contribution in [2.75, 3.05) is 11.3 Å². The van der Waals surface area contributed by atoms with Crippen LogP contribution in [0.1, 0.15) is 0 Å². The second kappa shape index (κ2) is 5.64. The van der Waals surface area contributed by atoms with Gasteiger partial charge in [0.05, 0.1) is 5.69 Å². The van der Waals surface area contributed by atoms with Crippen LogP contribution in [0, 0.1) is 0 Å². The Labute approximate surface area is 115 Å². The fourth-order valence-electron chi connectivity index (χ4n) is 0.930. The summed E-state index contributed by atoms with van der Waals surface area (Å²) in [7, 11) is -4.30. The van der Waals surface area contributed by atoms with Gasteiger partial charge in [-0.2, -0.15) is 26.3 Å². The van der Waals surface area contributed by atoms with E-state index in [4.69, 9.17) is 11.6 Å². The van der Waals surface area contributed by atoms with Gasteiger partial charge >= 0.3 is 6.18 Å².